The summed E-state index contributed by atoms with van der Waals surface area (Å²) >= 11 is 7.96. The molecule has 4 heterocycles. The van der Waals surface area contributed by atoms with Gasteiger partial charge >= 0.3 is 0 Å². The average molecular weight is 450 g/mol. The second-order valence-corrected chi connectivity index (χ2v) is 8.82. The Morgan fingerprint density at radius 3 is 2.77 bits per heavy atom. The van der Waals surface area contributed by atoms with Gasteiger partial charge < -0.3 is 9.30 Å². The van der Waals surface area contributed by atoms with Crippen molar-refractivity contribution >= 4 is 22.9 Å². The van der Waals surface area contributed by atoms with Crippen LogP contribution in [0.2, 0.25) is 5.02 Å². The minimum absolute atomic E-state index is 0.0237. The number of benzene rings is 1. The van der Waals surface area contributed by atoms with Gasteiger partial charge in [-0.1, -0.05) is 17.7 Å². The first-order valence-electron chi connectivity index (χ1n) is 10.0. The van der Waals surface area contributed by atoms with Gasteiger partial charge in [0.15, 0.2) is 0 Å². The number of methoxy groups -OCH3 is 1. The normalized spacial score (nSPS) is 12.7. The molecule has 3 aromatic heterocycles. The summed E-state index contributed by atoms with van der Waals surface area (Å²) in [7, 11) is 1.60. The van der Waals surface area contributed by atoms with Crippen molar-refractivity contribution in [3.63, 3.8) is 0 Å². The van der Waals surface area contributed by atoms with E-state index in [4.69, 9.17) is 16.3 Å². The Kier molecular flexibility index (Phi) is 5.12. The predicted octanol–water partition coefficient (Wildman–Crippen LogP) is 5.62. The van der Waals surface area contributed by atoms with Crippen LogP contribution in [0.3, 0.4) is 0 Å². The fourth-order valence-corrected chi connectivity index (χ4v) is 5.20. The summed E-state index contributed by atoms with van der Waals surface area (Å²) in [5.41, 5.74) is 6.40. The third-order valence-corrected chi connectivity index (χ3v) is 6.88. The zero-order valence-corrected chi connectivity index (χ0v) is 18.8. The topological polar surface area (TPSA) is 57.0 Å². The van der Waals surface area contributed by atoms with Gasteiger partial charge in [0.25, 0.3) is 5.56 Å². The van der Waals surface area contributed by atoms with Crippen molar-refractivity contribution in [3.05, 3.63) is 74.7 Å². The Morgan fingerprint density at radius 1 is 1.16 bits per heavy atom. The van der Waals surface area contributed by atoms with E-state index in [9.17, 15) is 4.79 Å². The maximum absolute atomic E-state index is 13.6. The molecular formula is C24H20ClN3O2S. The van der Waals surface area contributed by atoms with Crippen LogP contribution in [-0.2, 0) is 13.0 Å². The number of pyridine rings is 2. The lowest BCUT2D eigenvalue weighted by Gasteiger charge is -2.18. The van der Waals surface area contributed by atoms with Crippen LogP contribution in [0.5, 0.6) is 5.75 Å². The molecule has 0 saturated heterocycles. The van der Waals surface area contributed by atoms with Crippen molar-refractivity contribution < 1.29 is 4.74 Å². The smallest absolute Gasteiger partial charge is 0.261 e. The highest BCUT2D eigenvalue weighted by Crippen LogP contribution is 2.39. The Bertz CT molecular complexity index is 1360. The van der Waals surface area contributed by atoms with Crippen LogP contribution in [0.1, 0.15) is 17.7 Å². The van der Waals surface area contributed by atoms with Crippen LogP contribution in [0.15, 0.2) is 52.9 Å². The number of halogens is 1. The zero-order chi connectivity index (χ0) is 21.5. The van der Waals surface area contributed by atoms with Gasteiger partial charge in [0.2, 0.25) is 0 Å². The second kappa shape index (κ2) is 7.94. The number of ether oxygens (including phenoxy) is 1. The molecule has 0 unspecified atom stereocenters. The molecule has 0 N–H and O–H groups in total. The van der Waals surface area contributed by atoms with Gasteiger partial charge in [-0.25, -0.2) is 4.98 Å². The molecular weight excluding hydrogens is 430 g/mol. The number of rotatable bonds is 3. The van der Waals surface area contributed by atoms with E-state index >= 15 is 0 Å². The summed E-state index contributed by atoms with van der Waals surface area (Å²) in [6.45, 7) is 2.57. The molecule has 0 spiro atoms. The Balaban J connectivity index is 1.86. The summed E-state index contributed by atoms with van der Waals surface area (Å²) in [5.74, 6) is 0.613. The molecule has 4 aromatic rings. The largest absolute Gasteiger partial charge is 0.495 e. The average Bonchev–Trinajstić information content (AvgIpc) is 3.10. The van der Waals surface area contributed by atoms with Crippen molar-refractivity contribution in [2.24, 2.45) is 0 Å². The molecule has 1 aliphatic rings. The molecule has 31 heavy (non-hydrogen) atoms. The molecule has 0 amide bonds. The number of thiazole rings is 1. The van der Waals surface area contributed by atoms with Crippen LogP contribution in [0, 0.1) is 6.92 Å². The van der Waals surface area contributed by atoms with Gasteiger partial charge in [0, 0.05) is 41.1 Å². The standard InChI is InChI=1S/C24H20ClN3O2S/c1-14-13-31-23(27-14)18-11-17(16-5-6-21(30-2)20(25)10-16)22-19-12-26-8-7-15(19)4-3-9-28(22)24(18)29/h5-8,10-13H,3-4,9H2,1-2H3. The fraction of sp³-hybridized carbons (Fsp3) is 0.208. The van der Waals surface area contributed by atoms with E-state index in [1.165, 1.54) is 16.9 Å². The maximum Gasteiger partial charge on any atom is 0.261 e. The van der Waals surface area contributed by atoms with Crippen LogP contribution in [0.25, 0.3) is 33.0 Å². The Hall–Kier alpha value is -2.96. The maximum atomic E-state index is 13.6. The lowest BCUT2D eigenvalue weighted by molar-refractivity contribution is 0.415. The summed E-state index contributed by atoms with van der Waals surface area (Å²) in [5, 5.41) is 3.22. The molecule has 156 valence electrons. The van der Waals surface area contributed by atoms with Gasteiger partial charge in [-0.15, -0.1) is 11.3 Å². The van der Waals surface area contributed by atoms with E-state index in [0.29, 0.717) is 22.9 Å². The highest BCUT2D eigenvalue weighted by molar-refractivity contribution is 7.13. The molecule has 1 aromatic carbocycles. The molecule has 0 aliphatic carbocycles. The lowest BCUT2D eigenvalue weighted by atomic mass is 9.95. The van der Waals surface area contributed by atoms with Gasteiger partial charge in [-0.2, -0.15) is 0 Å². The van der Waals surface area contributed by atoms with Crippen LogP contribution in [0.4, 0.5) is 0 Å². The highest BCUT2D eigenvalue weighted by atomic mass is 35.5. The van der Waals surface area contributed by atoms with E-state index in [1.807, 2.05) is 59.6 Å². The monoisotopic (exact) mass is 449 g/mol. The van der Waals surface area contributed by atoms with Crippen molar-refractivity contribution in [1.82, 2.24) is 14.5 Å². The summed E-state index contributed by atoms with van der Waals surface area (Å²) in [6.07, 6.45) is 5.44. The molecule has 0 saturated carbocycles. The number of fused-ring (bicyclic) bond motifs is 3. The van der Waals surface area contributed by atoms with Crippen molar-refractivity contribution in [2.45, 2.75) is 26.3 Å². The Morgan fingerprint density at radius 2 is 2.03 bits per heavy atom. The van der Waals surface area contributed by atoms with E-state index in [0.717, 1.165) is 45.9 Å². The first-order chi connectivity index (χ1) is 15.1. The highest BCUT2D eigenvalue weighted by Gasteiger charge is 2.24. The van der Waals surface area contributed by atoms with E-state index < -0.39 is 0 Å². The Labute approximate surface area is 189 Å². The molecule has 5 nitrogen and oxygen atoms in total. The molecule has 7 heteroatoms. The molecule has 1 aliphatic heterocycles. The zero-order valence-electron chi connectivity index (χ0n) is 17.2. The number of nitrogens with zero attached hydrogens (tertiary/aromatic N) is 3. The third-order valence-electron chi connectivity index (χ3n) is 5.60. The van der Waals surface area contributed by atoms with Gasteiger partial charge in [0.1, 0.15) is 10.8 Å². The van der Waals surface area contributed by atoms with Crippen molar-refractivity contribution in [1.29, 1.82) is 0 Å². The van der Waals surface area contributed by atoms with Gasteiger partial charge in [0.05, 0.1) is 23.4 Å². The summed E-state index contributed by atoms with van der Waals surface area (Å²) in [6, 6.07) is 9.71. The van der Waals surface area contributed by atoms with E-state index in [-0.39, 0.29) is 5.56 Å². The van der Waals surface area contributed by atoms with Crippen molar-refractivity contribution in [2.75, 3.05) is 7.11 Å². The number of aryl methyl sites for hydroxylation is 2. The SMILES string of the molecule is COc1ccc(-c2cc(-c3nc(C)cs3)c(=O)n3c2-c2cnccc2CCC3)cc1Cl. The number of hydrogen-bond donors (Lipinski definition) is 0. The van der Waals surface area contributed by atoms with E-state index in [2.05, 4.69) is 9.97 Å². The molecule has 0 bridgehead atoms. The van der Waals surface area contributed by atoms with Crippen LogP contribution < -0.4 is 10.3 Å². The summed E-state index contributed by atoms with van der Waals surface area (Å²) in [4.78, 5) is 22.5. The minimum atomic E-state index is -0.0237. The summed E-state index contributed by atoms with van der Waals surface area (Å²) < 4.78 is 7.22. The van der Waals surface area contributed by atoms with Gasteiger partial charge in [-0.3, -0.25) is 9.78 Å². The fourth-order valence-electron chi connectivity index (χ4n) is 4.14. The van der Waals surface area contributed by atoms with Crippen LogP contribution in [-0.4, -0.2) is 21.6 Å². The van der Waals surface area contributed by atoms with Gasteiger partial charge in [-0.05, 0) is 55.2 Å². The predicted molar refractivity (Wildman–Crippen MR) is 125 cm³/mol. The molecule has 0 radical (unpaired) electrons. The number of hydrogen-bond acceptors (Lipinski definition) is 5. The lowest BCUT2D eigenvalue weighted by Crippen LogP contribution is -2.23. The first kappa shape index (κ1) is 20.0. The van der Waals surface area contributed by atoms with Crippen LogP contribution >= 0.6 is 22.9 Å². The van der Waals surface area contributed by atoms with Crippen molar-refractivity contribution in [3.8, 4) is 38.7 Å². The number of aromatic nitrogens is 3. The minimum Gasteiger partial charge on any atom is -0.495 e. The molecule has 0 atom stereocenters. The quantitative estimate of drug-likeness (QED) is 0.407. The second-order valence-electron chi connectivity index (χ2n) is 7.56. The molecule has 0 fully saturated rings. The van der Waals surface area contributed by atoms with E-state index in [1.54, 1.807) is 7.11 Å². The first-order valence-corrected chi connectivity index (χ1v) is 11.3. The third kappa shape index (κ3) is 3.46. The molecule has 5 rings (SSSR count).